The molecule has 17 nitrogen and oxygen atoms in total. The molecule has 0 radical (unpaired) electrons. The summed E-state index contributed by atoms with van der Waals surface area (Å²) in [7, 11) is -9.93. The van der Waals surface area contributed by atoms with Crippen molar-refractivity contribution in [1.29, 1.82) is 0 Å². The number of aliphatic hydroxyl groups excluding tert-OH is 1. The van der Waals surface area contributed by atoms with Crippen molar-refractivity contribution in [3.63, 3.8) is 0 Å². The first kappa shape index (κ1) is 108. The molecule has 0 heterocycles. The molecule has 110 heavy (non-hydrogen) atoms. The van der Waals surface area contributed by atoms with Crippen LogP contribution in [-0.2, 0) is 65.4 Å². The minimum atomic E-state index is -4.97. The smallest absolute Gasteiger partial charge is 0.462 e. The van der Waals surface area contributed by atoms with E-state index in [1.165, 1.54) is 321 Å². The van der Waals surface area contributed by atoms with E-state index in [-0.39, 0.29) is 25.7 Å². The third kappa shape index (κ3) is 84.0. The topological polar surface area (TPSA) is 237 Å². The van der Waals surface area contributed by atoms with Crippen molar-refractivity contribution < 1.29 is 80.2 Å². The second-order valence-electron chi connectivity index (χ2n) is 33.2. The van der Waals surface area contributed by atoms with Crippen LogP contribution in [0.5, 0.6) is 0 Å². The Balaban J connectivity index is 5.21. The van der Waals surface area contributed by atoms with Crippen molar-refractivity contribution >= 4 is 39.5 Å². The van der Waals surface area contributed by atoms with E-state index in [1.807, 2.05) is 0 Å². The zero-order valence-corrected chi connectivity index (χ0v) is 74.2. The number of hydrogen-bond donors (Lipinski definition) is 3. The minimum Gasteiger partial charge on any atom is -0.462 e. The quantitative estimate of drug-likeness (QED) is 0.0222. The summed E-state index contributed by atoms with van der Waals surface area (Å²) in [6.07, 6.45) is 79.3. The van der Waals surface area contributed by atoms with Crippen LogP contribution in [0.4, 0.5) is 0 Å². The predicted molar refractivity (Wildman–Crippen MR) is 455 cm³/mol. The molecule has 0 aromatic heterocycles. The van der Waals surface area contributed by atoms with Crippen molar-refractivity contribution in [2.75, 3.05) is 39.6 Å². The van der Waals surface area contributed by atoms with Gasteiger partial charge in [0.25, 0.3) is 0 Å². The van der Waals surface area contributed by atoms with Gasteiger partial charge in [0.05, 0.1) is 26.4 Å². The van der Waals surface area contributed by atoms with E-state index in [1.54, 1.807) is 0 Å². The van der Waals surface area contributed by atoms with Crippen molar-refractivity contribution in [2.45, 2.75) is 515 Å². The van der Waals surface area contributed by atoms with Crippen molar-refractivity contribution in [1.82, 2.24) is 0 Å². The van der Waals surface area contributed by atoms with Crippen molar-refractivity contribution in [2.24, 2.45) is 5.92 Å². The molecule has 2 unspecified atom stereocenters. The first-order chi connectivity index (χ1) is 53.5. The number of carbonyl (C=O) groups is 4. The van der Waals surface area contributed by atoms with E-state index in [9.17, 15) is 43.2 Å². The maximum Gasteiger partial charge on any atom is 0.472 e. The fourth-order valence-corrected chi connectivity index (χ4v) is 15.9. The summed E-state index contributed by atoms with van der Waals surface area (Å²) in [5.41, 5.74) is 0. The van der Waals surface area contributed by atoms with Crippen LogP contribution in [-0.4, -0.2) is 96.7 Å². The highest BCUT2D eigenvalue weighted by Gasteiger charge is 2.31. The molecule has 0 bridgehead atoms. The predicted octanol–water partition coefficient (Wildman–Crippen LogP) is 28.3. The van der Waals surface area contributed by atoms with Gasteiger partial charge in [-0.1, -0.05) is 446 Å². The van der Waals surface area contributed by atoms with Gasteiger partial charge in [-0.05, 0) is 31.6 Å². The van der Waals surface area contributed by atoms with Gasteiger partial charge in [0.2, 0.25) is 0 Å². The Morgan fingerprint density at radius 3 is 0.618 bits per heavy atom. The van der Waals surface area contributed by atoms with Crippen LogP contribution < -0.4 is 0 Å². The average molecular weight is 1610 g/mol. The van der Waals surface area contributed by atoms with Gasteiger partial charge in [-0.3, -0.25) is 37.3 Å². The minimum absolute atomic E-state index is 0.109. The number of ether oxygens (including phenoxy) is 4. The van der Waals surface area contributed by atoms with E-state index in [0.29, 0.717) is 25.7 Å². The molecule has 19 heteroatoms. The largest absolute Gasteiger partial charge is 0.472 e. The van der Waals surface area contributed by atoms with E-state index >= 15 is 0 Å². The fraction of sp³-hybridized carbons (Fsp3) is 0.956. The Bertz CT molecular complexity index is 2080. The molecule has 0 spiro atoms. The Labute approximate surface area is 677 Å². The lowest BCUT2D eigenvalue weighted by Gasteiger charge is -2.21. The maximum atomic E-state index is 13.2. The Morgan fingerprint density at radius 1 is 0.245 bits per heavy atom. The van der Waals surface area contributed by atoms with Crippen LogP contribution in [0, 0.1) is 5.92 Å². The van der Waals surface area contributed by atoms with Gasteiger partial charge in [-0.25, -0.2) is 9.13 Å². The summed E-state index contributed by atoms with van der Waals surface area (Å²) >= 11 is 0. The highest BCUT2D eigenvalue weighted by atomic mass is 31.2. The lowest BCUT2D eigenvalue weighted by atomic mass is 10.0. The molecule has 0 aromatic carbocycles. The highest BCUT2D eigenvalue weighted by Crippen LogP contribution is 2.45. The summed E-state index contributed by atoms with van der Waals surface area (Å²) in [4.78, 5) is 73.4. The van der Waals surface area contributed by atoms with Crippen LogP contribution in [0.15, 0.2) is 0 Å². The maximum absolute atomic E-state index is 13.2. The highest BCUT2D eigenvalue weighted by molar-refractivity contribution is 7.47. The standard InChI is InChI=1S/C91H178O17P2/c1-6-9-12-15-18-21-24-26-28-30-32-33-34-39-42-46-50-55-60-65-70-75-89(94)102-81-87(108-91(96)77-72-67-62-57-52-48-44-40-36-35-37-41-45-49-53-58-63-68-73-84(4)5)83-106-110(99,100)104-79-85(92)78-103-109(97,98)105-82-86(80-101-88(93)74-69-64-59-54-23-20-17-14-11-8-3)107-90(95)76-71-66-61-56-51-47-43-38-31-29-27-25-22-19-16-13-10-7-2/h84-87,92H,6-83H2,1-5H3,(H,97,98)(H,99,100)/t85-,86+,87+/m0/s1. The van der Waals surface area contributed by atoms with Gasteiger partial charge in [0.1, 0.15) is 19.3 Å². The zero-order chi connectivity index (χ0) is 80.4. The SMILES string of the molecule is CCCCCCCCCCCCCCCCCCCCCCCC(=O)OC[C@H](COP(=O)(O)OC[C@@H](O)COP(=O)(O)OC[C@@H](COC(=O)CCCCCCCCCCCC)OC(=O)CCCCCCCCCCCCCCCCCCCC)OC(=O)CCCCCCCCCCCCCCCCCCCCC(C)C. The van der Waals surface area contributed by atoms with Gasteiger partial charge in [0, 0.05) is 25.7 Å². The zero-order valence-electron chi connectivity index (χ0n) is 72.4. The molecule has 0 saturated carbocycles. The molecule has 0 aliphatic heterocycles. The van der Waals surface area contributed by atoms with Crippen LogP contribution in [0.3, 0.4) is 0 Å². The lowest BCUT2D eigenvalue weighted by Crippen LogP contribution is -2.30. The van der Waals surface area contributed by atoms with E-state index in [0.717, 1.165) is 95.8 Å². The van der Waals surface area contributed by atoms with Crippen LogP contribution in [0.25, 0.3) is 0 Å². The van der Waals surface area contributed by atoms with Gasteiger partial charge in [-0.15, -0.1) is 0 Å². The Hall–Kier alpha value is -1.94. The molecule has 5 atom stereocenters. The number of esters is 4. The molecular formula is C91H178O17P2. The van der Waals surface area contributed by atoms with Crippen LogP contribution >= 0.6 is 15.6 Å². The third-order valence-corrected chi connectivity index (χ3v) is 23.4. The summed E-state index contributed by atoms with van der Waals surface area (Å²) < 4.78 is 69.0. The van der Waals surface area contributed by atoms with Gasteiger partial charge >= 0.3 is 39.5 Å². The number of rotatable bonds is 91. The molecule has 3 N–H and O–H groups in total. The van der Waals surface area contributed by atoms with Crippen LogP contribution in [0.2, 0.25) is 0 Å². The van der Waals surface area contributed by atoms with Crippen molar-refractivity contribution in [3.8, 4) is 0 Å². The Kier molecular flexibility index (Phi) is 82.1. The fourth-order valence-electron chi connectivity index (χ4n) is 14.4. The number of phosphoric ester groups is 2. The summed E-state index contributed by atoms with van der Waals surface area (Å²) in [5.74, 6) is -1.27. The number of aliphatic hydroxyl groups is 1. The van der Waals surface area contributed by atoms with E-state index in [4.69, 9.17) is 37.0 Å². The number of unbranched alkanes of at least 4 members (excludes halogenated alkanes) is 63. The molecule has 0 aromatic rings. The molecule has 0 rings (SSSR count). The Morgan fingerprint density at radius 2 is 0.418 bits per heavy atom. The van der Waals surface area contributed by atoms with E-state index in [2.05, 4.69) is 34.6 Å². The molecule has 0 saturated heterocycles. The van der Waals surface area contributed by atoms with Gasteiger partial charge < -0.3 is 33.8 Å². The summed E-state index contributed by atoms with van der Waals surface area (Å²) in [5, 5.41) is 10.7. The van der Waals surface area contributed by atoms with Crippen LogP contribution in [0.1, 0.15) is 497 Å². The van der Waals surface area contributed by atoms with Crippen molar-refractivity contribution in [3.05, 3.63) is 0 Å². The normalized spacial score (nSPS) is 13.7. The second kappa shape index (κ2) is 83.5. The van der Waals surface area contributed by atoms with Gasteiger partial charge in [0.15, 0.2) is 12.2 Å². The molecule has 654 valence electrons. The second-order valence-corrected chi connectivity index (χ2v) is 36.1. The third-order valence-electron chi connectivity index (χ3n) is 21.5. The summed E-state index contributed by atoms with van der Waals surface area (Å²) in [6.45, 7) is 7.42. The first-order valence-corrected chi connectivity index (χ1v) is 50.1. The first-order valence-electron chi connectivity index (χ1n) is 47.1. The molecule has 0 fully saturated rings. The van der Waals surface area contributed by atoms with E-state index < -0.39 is 97.5 Å². The molecular weight excluding hydrogens is 1430 g/mol. The molecule has 0 aliphatic carbocycles. The van der Waals surface area contributed by atoms with Gasteiger partial charge in [-0.2, -0.15) is 0 Å². The number of phosphoric acid groups is 2. The molecule has 0 amide bonds. The lowest BCUT2D eigenvalue weighted by molar-refractivity contribution is -0.161. The summed E-state index contributed by atoms with van der Waals surface area (Å²) in [6, 6.07) is 0. The average Bonchev–Trinajstić information content (AvgIpc) is 0.898. The number of hydrogen-bond acceptors (Lipinski definition) is 15. The monoisotopic (exact) mass is 1610 g/mol. The number of carbonyl (C=O) groups excluding carboxylic acids is 4. The molecule has 0 aliphatic rings.